The third kappa shape index (κ3) is 4.27. The lowest BCUT2D eigenvalue weighted by Crippen LogP contribution is -2.12. The highest BCUT2D eigenvalue weighted by Crippen LogP contribution is 2.27. The maximum absolute atomic E-state index is 11.5. The topological polar surface area (TPSA) is 93.9 Å². The van der Waals surface area contributed by atoms with Gasteiger partial charge in [0.2, 0.25) is 0 Å². The Labute approximate surface area is 163 Å². The summed E-state index contributed by atoms with van der Waals surface area (Å²) in [6, 6.07) is 18.9. The number of rotatable bonds is 6. The number of nitriles is 1. The van der Waals surface area contributed by atoms with E-state index in [9.17, 15) is 10.1 Å². The number of nitrogens with zero attached hydrogens (tertiary/aromatic N) is 3. The standard InChI is InChI=1S/C22H20N4O2/c1-15(2)28-20-10-8-16(9-11-20)21-18(12-17(13-23)22(24)27)14-26(25-21)19-6-4-3-5-7-19/h3-12,14-15H,1-2H3,(H2,24,27)/b17-12+. The van der Waals surface area contributed by atoms with Crippen molar-refractivity contribution in [2.75, 3.05) is 0 Å². The third-order valence-electron chi connectivity index (χ3n) is 3.95. The lowest BCUT2D eigenvalue weighted by Gasteiger charge is -2.09. The first-order chi connectivity index (χ1) is 13.5. The predicted octanol–water partition coefficient (Wildman–Crippen LogP) is 3.72. The molecule has 0 radical (unpaired) electrons. The van der Waals surface area contributed by atoms with Crippen LogP contribution in [0.25, 0.3) is 23.0 Å². The smallest absolute Gasteiger partial charge is 0.259 e. The summed E-state index contributed by atoms with van der Waals surface area (Å²) in [4.78, 5) is 11.5. The number of ether oxygens (including phenoxy) is 1. The molecule has 1 amide bonds. The van der Waals surface area contributed by atoms with Crippen LogP contribution in [0.4, 0.5) is 0 Å². The minimum atomic E-state index is -0.776. The molecule has 3 aromatic rings. The minimum Gasteiger partial charge on any atom is -0.491 e. The predicted molar refractivity (Wildman–Crippen MR) is 108 cm³/mol. The minimum absolute atomic E-state index is 0.0791. The lowest BCUT2D eigenvalue weighted by atomic mass is 10.1. The van der Waals surface area contributed by atoms with Crippen LogP contribution in [0, 0.1) is 11.3 Å². The van der Waals surface area contributed by atoms with Gasteiger partial charge in [0.25, 0.3) is 5.91 Å². The lowest BCUT2D eigenvalue weighted by molar-refractivity contribution is -0.114. The van der Waals surface area contributed by atoms with Crippen molar-refractivity contribution in [1.82, 2.24) is 9.78 Å². The number of carbonyl (C=O) groups is 1. The molecule has 0 spiro atoms. The summed E-state index contributed by atoms with van der Waals surface area (Å²) in [7, 11) is 0. The summed E-state index contributed by atoms with van der Waals surface area (Å²) in [5.41, 5.74) is 8.11. The van der Waals surface area contributed by atoms with E-state index in [2.05, 4.69) is 5.10 Å². The molecule has 3 rings (SSSR count). The highest BCUT2D eigenvalue weighted by Gasteiger charge is 2.14. The number of para-hydroxylation sites is 1. The second-order valence-corrected chi connectivity index (χ2v) is 6.44. The zero-order valence-corrected chi connectivity index (χ0v) is 15.7. The van der Waals surface area contributed by atoms with E-state index in [0.717, 1.165) is 17.0 Å². The van der Waals surface area contributed by atoms with E-state index in [1.165, 1.54) is 6.08 Å². The molecule has 0 unspecified atom stereocenters. The monoisotopic (exact) mass is 372 g/mol. The number of nitrogens with two attached hydrogens (primary N) is 1. The Balaban J connectivity index is 2.09. The molecule has 0 saturated heterocycles. The Hall–Kier alpha value is -3.85. The highest BCUT2D eigenvalue weighted by atomic mass is 16.5. The number of benzene rings is 2. The molecule has 0 aliphatic heterocycles. The van der Waals surface area contributed by atoms with Crippen molar-refractivity contribution in [2.45, 2.75) is 20.0 Å². The molecule has 0 bridgehead atoms. The van der Waals surface area contributed by atoms with Gasteiger partial charge in [-0.2, -0.15) is 10.4 Å². The molecule has 0 fully saturated rings. The number of aromatic nitrogens is 2. The molecule has 0 atom stereocenters. The fourth-order valence-corrected chi connectivity index (χ4v) is 2.71. The van der Waals surface area contributed by atoms with E-state index < -0.39 is 5.91 Å². The normalized spacial score (nSPS) is 11.3. The van der Waals surface area contributed by atoms with Gasteiger partial charge < -0.3 is 10.5 Å². The first-order valence-electron chi connectivity index (χ1n) is 8.81. The second-order valence-electron chi connectivity index (χ2n) is 6.44. The van der Waals surface area contributed by atoms with Gasteiger partial charge in [-0.05, 0) is 56.3 Å². The largest absolute Gasteiger partial charge is 0.491 e. The van der Waals surface area contributed by atoms with Crippen LogP contribution in [0.15, 0.2) is 66.4 Å². The van der Waals surface area contributed by atoms with Crippen LogP contribution in [-0.4, -0.2) is 21.8 Å². The Bertz CT molecular complexity index is 1040. The maximum atomic E-state index is 11.5. The summed E-state index contributed by atoms with van der Waals surface area (Å²) < 4.78 is 7.39. The molecule has 6 heteroatoms. The van der Waals surface area contributed by atoms with Crippen molar-refractivity contribution >= 4 is 12.0 Å². The van der Waals surface area contributed by atoms with E-state index in [1.54, 1.807) is 10.9 Å². The summed E-state index contributed by atoms with van der Waals surface area (Å²) in [6.07, 6.45) is 3.31. The summed E-state index contributed by atoms with van der Waals surface area (Å²) in [5.74, 6) is -0.0187. The molecular formula is C22H20N4O2. The van der Waals surface area contributed by atoms with Gasteiger partial charge in [0, 0.05) is 17.3 Å². The van der Waals surface area contributed by atoms with Crippen LogP contribution in [0.5, 0.6) is 5.75 Å². The van der Waals surface area contributed by atoms with Crippen molar-refractivity contribution in [3.8, 4) is 28.8 Å². The average molecular weight is 372 g/mol. The number of primary amides is 1. The van der Waals surface area contributed by atoms with Crippen molar-refractivity contribution < 1.29 is 9.53 Å². The Morgan fingerprint density at radius 3 is 2.43 bits per heavy atom. The van der Waals surface area contributed by atoms with Gasteiger partial charge in [-0.25, -0.2) is 4.68 Å². The molecule has 0 aliphatic rings. The molecule has 0 saturated carbocycles. The van der Waals surface area contributed by atoms with E-state index in [-0.39, 0.29) is 11.7 Å². The fourth-order valence-electron chi connectivity index (χ4n) is 2.71. The van der Waals surface area contributed by atoms with Gasteiger partial charge in [-0.1, -0.05) is 18.2 Å². The van der Waals surface area contributed by atoms with Crippen LogP contribution in [0.1, 0.15) is 19.4 Å². The molecule has 2 aromatic carbocycles. The molecule has 1 aromatic heterocycles. The fraction of sp³-hybridized carbons (Fsp3) is 0.136. The molecule has 6 nitrogen and oxygen atoms in total. The molecular weight excluding hydrogens is 352 g/mol. The molecule has 140 valence electrons. The Kier molecular flexibility index (Phi) is 5.56. The SMILES string of the molecule is CC(C)Oc1ccc(-c2nn(-c3ccccc3)cc2/C=C(\C#N)C(N)=O)cc1. The number of hydrogen-bond acceptors (Lipinski definition) is 4. The van der Waals surface area contributed by atoms with Gasteiger partial charge >= 0.3 is 0 Å². The maximum Gasteiger partial charge on any atom is 0.259 e. The van der Waals surface area contributed by atoms with Gasteiger partial charge in [0.05, 0.1) is 17.5 Å². The first kappa shape index (κ1) is 18.9. The first-order valence-corrected chi connectivity index (χ1v) is 8.81. The molecule has 1 heterocycles. The van der Waals surface area contributed by atoms with Crippen LogP contribution in [0.3, 0.4) is 0 Å². The summed E-state index contributed by atoms with van der Waals surface area (Å²) in [5, 5.41) is 13.9. The van der Waals surface area contributed by atoms with E-state index >= 15 is 0 Å². The van der Waals surface area contributed by atoms with Crippen molar-refractivity contribution in [3.63, 3.8) is 0 Å². The van der Waals surface area contributed by atoms with Crippen molar-refractivity contribution in [3.05, 3.63) is 71.9 Å². The van der Waals surface area contributed by atoms with Gasteiger partial charge in [-0.15, -0.1) is 0 Å². The molecule has 28 heavy (non-hydrogen) atoms. The van der Waals surface area contributed by atoms with Crippen LogP contribution in [0.2, 0.25) is 0 Å². The number of amides is 1. The average Bonchev–Trinajstić information content (AvgIpc) is 3.10. The summed E-state index contributed by atoms with van der Waals surface area (Å²) >= 11 is 0. The van der Waals surface area contributed by atoms with Gasteiger partial charge in [0.1, 0.15) is 17.4 Å². The zero-order valence-electron chi connectivity index (χ0n) is 15.7. The number of carbonyl (C=O) groups excluding carboxylic acids is 1. The second kappa shape index (κ2) is 8.23. The highest BCUT2D eigenvalue weighted by molar-refractivity contribution is 6.01. The third-order valence-corrected chi connectivity index (χ3v) is 3.95. The molecule has 2 N–H and O–H groups in total. The van der Waals surface area contributed by atoms with E-state index in [0.29, 0.717) is 11.3 Å². The quantitative estimate of drug-likeness (QED) is 0.527. The van der Waals surface area contributed by atoms with Crippen LogP contribution in [-0.2, 0) is 4.79 Å². The van der Waals surface area contributed by atoms with Crippen molar-refractivity contribution in [1.29, 1.82) is 5.26 Å². The van der Waals surface area contributed by atoms with Crippen molar-refractivity contribution in [2.24, 2.45) is 5.73 Å². The van der Waals surface area contributed by atoms with E-state index in [1.807, 2.05) is 74.5 Å². The summed E-state index contributed by atoms with van der Waals surface area (Å²) in [6.45, 7) is 3.93. The van der Waals surface area contributed by atoms with E-state index in [4.69, 9.17) is 10.5 Å². The Morgan fingerprint density at radius 2 is 1.86 bits per heavy atom. The molecule has 0 aliphatic carbocycles. The van der Waals surface area contributed by atoms with Gasteiger partial charge in [0.15, 0.2) is 0 Å². The van der Waals surface area contributed by atoms with Gasteiger partial charge in [-0.3, -0.25) is 4.79 Å². The zero-order chi connectivity index (χ0) is 20.1. The van der Waals surface area contributed by atoms with Crippen LogP contribution >= 0.6 is 0 Å². The number of hydrogen-bond donors (Lipinski definition) is 1. The van der Waals surface area contributed by atoms with Crippen LogP contribution < -0.4 is 10.5 Å². The Morgan fingerprint density at radius 1 is 1.18 bits per heavy atom.